The minimum Gasteiger partial charge on any atom is -0.380 e. The molecular weight excluding hydrogens is 278 g/mol. The molecule has 0 spiro atoms. The molecule has 1 aromatic rings. The molecule has 1 saturated heterocycles. The molecule has 0 radical (unpaired) electrons. The number of ether oxygens (including phenoxy) is 1. The van der Waals surface area contributed by atoms with Crippen LogP contribution in [0.1, 0.15) is 32.5 Å². The summed E-state index contributed by atoms with van der Waals surface area (Å²) < 4.78 is 32.4. The van der Waals surface area contributed by atoms with Crippen LogP contribution >= 0.6 is 0 Å². The van der Waals surface area contributed by atoms with E-state index in [1.165, 1.54) is 12.1 Å². The lowest BCUT2D eigenvalue weighted by atomic mass is 10.1. The Balaban J connectivity index is 2.29. The van der Waals surface area contributed by atoms with Gasteiger partial charge in [-0.3, -0.25) is 10.1 Å². The molecular formula is C15H20F2N2O2. The molecule has 1 aliphatic rings. The quantitative estimate of drug-likeness (QED) is 0.906. The minimum absolute atomic E-state index is 0.115. The molecule has 1 N–H and O–H groups in total. The van der Waals surface area contributed by atoms with Crippen LogP contribution in [0.4, 0.5) is 8.78 Å². The molecule has 1 fully saturated rings. The first-order valence-corrected chi connectivity index (χ1v) is 7.06. The van der Waals surface area contributed by atoms with Crippen molar-refractivity contribution >= 4 is 5.91 Å². The van der Waals surface area contributed by atoms with Crippen molar-refractivity contribution in [2.45, 2.75) is 39.0 Å². The SMILES string of the molecule is CCOCC(C)N1C(=O)C(C)NC1c1ccc(F)cc1F. The van der Waals surface area contributed by atoms with E-state index in [0.29, 0.717) is 13.2 Å². The number of amides is 1. The highest BCUT2D eigenvalue weighted by Crippen LogP contribution is 2.29. The van der Waals surface area contributed by atoms with Crippen LogP contribution in [0, 0.1) is 11.6 Å². The summed E-state index contributed by atoms with van der Waals surface area (Å²) in [4.78, 5) is 13.8. The lowest BCUT2D eigenvalue weighted by Crippen LogP contribution is -2.41. The molecule has 3 unspecified atom stereocenters. The molecule has 116 valence electrons. The van der Waals surface area contributed by atoms with E-state index in [2.05, 4.69) is 5.32 Å². The Hall–Kier alpha value is -1.53. The molecule has 2 rings (SSSR count). The summed E-state index contributed by atoms with van der Waals surface area (Å²) in [5.41, 5.74) is 0.262. The third-order valence-corrected chi connectivity index (χ3v) is 3.61. The lowest BCUT2D eigenvalue weighted by molar-refractivity contribution is -0.133. The van der Waals surface area contributed by atoms with Crippen LogP contribution in [0.5, 0.6) is 0 Å². The first kappa shape index (κ1) is 15.9. The Morgan fingerprint density at radius 1 is 1.43 bits per heavy atom. The number of hydrogen-bond acceptors (Lipinski definition) is 3. The van der Waals surface area contributed by atoms with E-state index in [1.807, 2.05) is 13.8 Å². The third kappa shape index (κ3) is 3.22. The second-order valence-electron chi connectivity index (χ2n) is 5.21. The van der Waals surface area contributed by atoms with Crippen LogP contribution < -0.4 is 5.32 Å². The molecule has 6 heteroatoms. The van der Waals surface area contributed by atoms with E-state index in [-0.39, 0.29) is 17.5 Å². The van der Waals surface area contributed by atoms with Gasteiger partial charge in [0.25, 0.3) is 0 Å². The molecule has 0 bridgehead atoms. The number of benzene rings is 1. The van der Waals surface area contributed by atoms with Gasteiger partial charge in [0.2, 0.25) is 5.91 Å². The summed E-state index contributed by atoms with van der Waals surface area (Å²) in [5.74, 6) is -1.42. The van der Waals surface area contributed by atoms with Gasteiger partial charge in [-0.25, -0.2) is 8.78 Å². The van der Waals surface area contributed by atoms with Crippen molar-refractivity contribution < 1.29 is 18.3 Å². The lowest BCUT2D eigenvalue weighted by Gasteiger charge is -2.30. The molecule has 4 nitrogen and oxygen atoms in total. The van der Waals surface area contributed by atoms with E-state index in [0.717, 1.165) is 6.07 Å². The minimum atomic E-state index is -0.664. The average molecular weight is 298 g/mol. The van der Waals surface area contributed by atoms with E-state index < -0.39 is 23.8 Å². The van der Waals surface area contributed by atoms with Crippen molar-refractivity contribution in [3.05, 3.63) is 35.4 Å². The largest absolute Gasteiger partial charge is 0.380 e. The Morgan fingerprint density at radius 3 is 2.76 bits per heavy atom. The van der Waals surface area contributed by atoms with E-state index in [9.17, 15) is 13.6 Å². The van der Waals surface area contributed by atoms with Crippen LogP contribution in [0.2, 0.25) is 0 Å². The number of nitrogens with one attached hydrogen (secondary N) is 1. The van der Waals surface area contributed by atoms with Gasteiger partial charge in [-0.1, -0.05) is 0 Å². The maximum Gasteiger partial charge on any atom is 0.241 e. The maximum atomic E-state index is 14.0. The molecule has 21 heavy (non-hydrogen) atoms. The molecule has 1 aliphatic heterocycles. The maximum absolute atomic E-state index is 14.0. The van der Waals surface area contributed by atoms with Crippen molar-refractivity contribution in [2.24, 2.45) is 0 Å². The van der Waals surface area contributed by atoms with Gasteiger partial charge >= 0.3 is 0 Å². The number of rotatable bonds is 5. The van der Waals surface area contributed by atoms with Gasteiger partial charge in [-0.15, -0.1) is 0 Å². The Labute approximate surface area is 123 Å². The van der Waals surface area contributed by atoms with Gasteiger partial charge < -0.3 is 9.64 Å². The van der Waals surface area contributed by atoms with Gasteiger partial charge in [-0.2, -0.15) is 0 Å². The van der Waals surface area contributed by atoms with Gasteiger partial charge in [0.05, 0.1) is 18.7 Å². The first-order chi connectivity index (χ1) is 9.95. The summed E-state index contributed by atoms with van der Waals surface area (Å²) >= 11 is 0. The predicted octanol–water partition coefficient (Wildman–Crippen LogP) is 2.21. The fourth-order valence-corrected chi connectivity index (χ4v) is 2.54. The van der Waals surface area contributed by atoms with E-state index >= 15 is 0 Å². The number of carbonyl (C=O) groups excluding carboxylic acids is 1. The molecule has 3 atom stereocenters. The Kier molecular flexibility index (Phi) is 4.90. The van der Waals surface area contributed by atoms with E-state index in [1.54, 1.807) is 11.8 Å². The second-order valence-corrected chi connectivity index (χ2v) is 5.21. The van der Waals surface area contributed by atoms with Crippen LogP contribution in [0.25, 0.3) is 0 Å². The summed E-state index contributed by atoms with van der Waals surface area (Å²) in [5, 5.41) is 3.05. The topological polar surface area (TPSA) is 41.6 Å². The highest BCUT2D eigenvalue weighted by molar-refractivity contribution is 5.84. The normalized spacial score (nSPS) is 23.7. The van der Waals surface area contributed by atoms with Gasteiger partial charge in [0.15, 0.2) is 0 Å². The number of halogens is 2. The predicted molar refractivity (Wildman–Crippen MR) is 74.5 cm³/mol. The van der Waals surface area contributed by atoms with Crippen LogP contribution in [-0.2, 0) is 9.53 Å². The Morgan fingerprint density at radius 2 is 2.14 bits per heavy atom. The van der Waals surface area contributed by atoms with E-state index in [4.69, 9.17) is 4.74 Å². The fraction of sp³-hybridized carbons (Fsp3) is 0.533. The zero-order valence-electron chi connectivity index (χ0n) is 12.4. The van der Waals surface area contributed by atoms with Gasteiger partial charge in [0, 0.05) is 18.2 Å². The molecule has 0 aromatic heterocycles. The summed E-state index contributed by atoms with van der Waals surface area (Å²) in [7, 11) is 0. The van der Waals surface area contributed by atoms with Crippen LogP contribution in [-0.4, -0.2) is 36.1 Å². The summed E-state index contributed by atoms with van der Waals surface area (Å²) in [6.07, 6.45) is -0.608. The first-order valence-electron chi connectivity index (χ1n) is 7.06. The molecule has 1 amide bonds. The number of hydrogen-bond donors (Lipinski definition) is 1. The second kappa shape index (κ2) is 6.49. The number of nitrogens with zero attached hydrogens (tertiary/aromatic N) is 1. The highest BCUT2D eigenvalue weighted by Gasteiger charge is 2.40. The monoisotopic (exact) mass is 298 g/mol. The van der Waals surface area contributed by atoms with Gasteiger partial charge in [0.1, 0.15) is 17.8 Å². The smallest absolute Gasteiger partial charge is 0.241 e. The average Bonchev–Trinajstić information content (AvgIpc) is 2.72. The number of carbonyl (C=O) groups is 1. The summed E-state index contributed by atoms with van der Waals surface area (Å²) in [6.45, 7) is 6.36. The van der Waals surface area contributed by atoms with Crippen molar-refractivity contribution in [2.75, 3.05) is 13.2 Å². The van der Waals surface area contributed by atoms with Crippen molar-refractivity contribution in [1.29, 1.82) is 0 Å². The molecule has 1 aromatic carbocycles. The fourth-order valence-electron chi connectivity index (χ4n) is 2.54. The molecule has 1 heterocycles. The molecule has 0 saturated carbocycles. The van der Waals surface area contributed by atoms with Crippen molar-refractivity contribution in [3.8, 4) is 0 Å². The summed E-state index contributed by atoms with van der Waals surface area (Å²) in [6, 6.07) is 2.77. The zero-order chi connectivity index (χ0) is 15.6. The van der Waals surface area contributed by atoms with Crippen LogP contribution in [0.3, 0.4) is 0 Å². The van der Waals surface area contributed by atoms with Gasteiger partial charge in [-0.05, 0) is 32.9 Å². The zero-order valence-corrected chi connectivity index (χ0v) is 12.4. The van der Waals surface area contributed by atoms with Crippen molar-refractivity contribution in [3.63, 3.8) is 0 Å². The molecule has 0 aliphatic carbocycles. The Bertz CT molecular complexity index is 524. The highest BCUT2D eigenvalue weighted by atomic mass is 19.1. The standard InChI is InChI=1S/C15H20F2N2O2/c1-4-21-8-9(2)19-14(18-10(3)15(19)20)12-6-5-11(16)7-13(12)17/h5-7,9-10,14,18H,4,8H2,1-3H3. The van der Waals surface area contributed by atoms with Crippen LogP contribution in [0.15, 0.2) is 18.2 Å². The van der Waals surface area contributed by atoms with Crippen molar-refractivity contribution in [1.82, 2.24) is 10.2 Å². The third-order valence-electron chi connectivity index (χ3n) is 3.61.